The number of carbonyl (C=O) groups excluding carboxylic acids is 3. The Morgan fingerprint density at radius 3 is 2.36 bits per heavy atom. The smallest absolute Gasteiger partial charge is 0.318 e. The van der Waals surface area contributed by atoms with Gasteiger partial charge in [0.15, 0.2) is 0 Å². The van der Waals surface area contributed by atoms with E-state index in [0.717, 1.165) is 16.8 Å². The van der Waals surface area contributed by atoms with Crippen molar-refractivity contribution in [2.45, 2.75) is 44.9 Å². The fraction of sp³-hybridized carbons (Fsp3) is 0.414. The van der Waals surface area contributed by atoms with Crippen molar-refractivity contribution in [2.24, 2.45) is 0 Å². The van der Waals surface area contributed by atoms with Crippen LogP contribution in [-0.4, -0.2) is 78.6 Å². The van der Waals surface area contributed by atoms with Crippen LogP contribution >= 0.6 is 0 Å². The Kier molecular flexibility index (Phi) is 8.27. The number of rotatable bonds is 8. The number of amides is 4. The normalized spacial score (nSPS) is 18.7. The van der Waals surface area contributed by atoms with Crippen LogP contribution in [0.25, 0.3) is 0 Å². The number of hydrazine groups is 1. The molecule has 39 heavy (non-hydrogen) atoms. The lowest BCUT2D eigenvalue weighted by Gasteiger charge is -2.39. The Hall–Kier alpha value is -3.89. The van der Waals surface area contributed by atoms with E-state index in [0.29, 0.717) is 30.8 Å². The van der Waals surface area contributed by atoms with E-state index in [1.165, 1.54) is 0 Å². The Labute approximate surface area is 230 Å². The number of nitrogens with one attached hydrogen (secondary N) is 4. The molecule has 0 spiro atoms. The summed E-state index contributed by atoms with van der Waals surface area (Å²) < 4.78 is 0. The molecule has 0 radical (unpaired) electrons. The molecule has 4 rings (SSSR count). The van der Waals surface area contributed by atoms with Gasteiger partial charge in [-0.25, -0.2) is 10.2 Å². The van der Waals surface area contributed by atoms with E-state index in [1.54, 1.807) is 31.2 Å². The molecule has 1 unspecified atom stereocenters. The van der Waals surface area contributed by atoms with Crippen LogP contribution in [0, 0.1) is 0 Å². The number of carbonyl (C=O) groups is 3. The van der Waals surface area contributed by atoms with Crippen LogP contribution in [0.4, 0.5) is 10.5 Å². The highest BCUT2D eigenvalue weighted by Gasteiger charge is 2.50. The quantitative estimate of drug-likeness (QED) is 0.416. The van der Waals surface area contributed by atoms with Gasteiger partial charge < -0.3 is 30.8 Å². The van der Waals surface area contributed by atoms with Crippen molar-refractivity contribution in [3.8, 4) is 0 Å². The topological polar surface area (TPSA) is 109 Å². The van der Waals surface area contributed by atoms with Crippen molar-refractivity contribution in [1.82, 2.24) is 30.9 Å². The molecule has 2 aliphatic heterocycles. The molecule has 10 nitrogen and oxygen atoms in total. The van der Waals surface area contributed by atoms with Crippen molar-refractivity contribution in [3.63, 3.8) is 0 Å². The minimum Gasteiger partial charge on any atom is -0.331 e. The maximum absolute atomic E-state index is 13.7. The molecule has 0 fully saturated rings. The molecule has 2 heterocycles. The standard InChI is InChI=1S/C29H39N7O3/c1-7-24(37)30-21-15-13-20(14-16-21)27(38)32-26-22-17-36(29(2,3)25(22)35(6)33-26)28(39)31-23(18-34(4)5)19-11-9-8-10-12-19/h8-16,23,26,33H,7,17-18H2,1-6H3,(H,30,37)(H,31,39)(H,32,38)/t23-,26?/m1/s1. The third-order valence-electron chi connectivity index (χ3n) is 7.21. The molecule has 0 saturated carbocycles. The van der Waals surface area contributed by atoms with E-state index in [4.69, 9.17) is 0 Å². The molecular formula is C29H39N7O3. The number of anilines is 1. The fourth-order valence-electron chi connectivity index (χ4n) is 5.28. The molecule has 2 atom stereocenters. The van der Waals surface area contributed by atoms with E-state index in [1.807, 2.05) is 75.2 Å². The van der Waals surface area contributed by atoms with Crippen LogP contribution in [0.2, 0.25) is 0 Å². The van der Waals surface area contributed by atoms with Gasteiger partial charge in [-0.2, -0.15) is 0 Å². The minimum absolute atomic E-state index is 0.0842. The second kappa shape index (κ2) is 11.5. The summed E-state index contributed by atoms with van der Waals surface area (Å²) in [6, 6.07) is 16.4. The molecule has 0 aliphatic carbocycles. The van der Waals surface area contributed by atoms with Crippen LogP contribution < -0.4 is 21.4 Å². The molecule has 4 N–H and O–H groups in total. The third kappa shape index (κ3) is 6.07. The molecule has 0 aromatic heterocycles. The lowest BCUT2D eigenvalue weighted by atomic mass is 9.99. The van der Waals surface area contributed by atoms with Gasteiger partial charge in [0.2, 0.25) is 5.91 Å². The highest BCUT2D eigenvalue weighted by molar-refractivity contribution is 5.96. The molecule has 208 valence electrons. The van der Waals surface area contributed by atoms with Crippen LogP contribution in [0.5, 0.6) is 0 Å². The van der Waals surface area contributed by atoms with Crippen LogP contribution in [0.3, 0.4) is 0 Å². The van der Waals surface area contributed by atoms with Gasteiger partial charge in [-0.3, -0.25) is 9.59 Å². The number of likely N-dealkylation sites (N-methyl/N-ethyl adjacent to an activating group) is 2. The lowest BCUT2D eigenvalue weighted by Crippen LogP contribution is -2.56. The molecular weight excluding hydrogens is 494 g/mol. The van der Waals surface area contributed by atoms with E-state index < -0.39 is 11.7 Å². The number of hydrogen-bond acceptors (Lipinski definition) is 6. The largest absolute Gasteiger partial charge is 0.331 e. The first-order valence-electron chi connectivity index (χ1n) is 13.2. The van der Waals surface area contributed by atoms with Crippen molar-refractivity contribution in [3.05, 3.63) is 77.0 Å². The fourth-order valence-corrected chi connectivity index (χ4v) is 5.28. The molecule has 4 amide bonds. The first-order valence-corrected chi connectivity index (χ1v) is 13.2. The molecule has 2 aliphatic rings. The summed E-state index contributed by atoms with van der Waals surface area (Å²) in [4.78, 5) is 42.3. The summed E-state index contributed by atoms with van der Waals surface area (Å²) in [5.74, 6) is -0.335. The van der Waals surface area contributed by atoms with Gasteiger partial charge in [0, 0.05) is 43.4 Å². The summed E-state index contributed by atoms with van der Waals surface area (Å²) in [7, 11) is 5.87. The summed E-state index contributed by atoms with van der Waals surface area (Å²) in [5, 5.41) is 11.0. The number of benzene rings is 2. The highest BCUT2D eigenvalue weighted by atomic mass is 16.2. The SMILES string of the molecule is CCC(=O)Nc1ccc(C(=O)NC2NN(C)C3=C2CN(C(=O)N[C@H](CN(C)C)c2ccccc2)C3(C)C)cc1. The van der Waals surface area contributed by atoms with Crippen LogP contribution in [0.1, 0.15) is 49.2 Å². The average Bonchev–Trinajstić information content (AvgIpc) is 3.37. The second-order valence-corrected chi connectivity index (χ2v) is 10.8. The highest BCUT2D eigenvalue weighted by Crippen LogP contribution is 2.39. The Morgan fingerprint density at radius 2 is 1.74 bits per heavy atom. The van der Waals surface area contributed by atoms with Crippen molar-refractivity contribution >= 4 is 23.5 Å². The molecule has 0 bridgehead atoms. The van der Waals surface area contributed by atoms with Crippen molar-refractivity contribution in [1.29, 1.82) is 0 Å². The Bertz CT molecular complexity index is 1240. The van der Waals surface area contributed by atoms with Gasteiger partial charge in [-0.1, -0.05) is 37.3 Å². The maximum atomic E-state index is 13.7. The Morgan fingerprint density at radius 1 is 1.08 bits per heavy atom. The monoisotopic (exact) mass is 533 g/mol. The number of urea groups is 1. The van der Waals surface area contributed by atoms with Gasteiger partial charge in [0.05, 0.1) is 17.3 Å². The van der Waals surface area contributed by atoms with Gasteiger partial charge in [0.1, 0.15) is 6.17 Å². The predicted molar refractivity (Wildman–Crippen MR) is 152 cm³/mol. The Balaban J connectivity index is 1.47. The van der Waals surface area contributed by atoms with Crippen molar-refractivity contribution < 1.29 is 14.4 Å². The van der Waals surface area contributed by atoms with E-state index in [9.17, 15) is 14.4 Å². The third-order valence-corrected chi connectivity index (χ3v) is 7.21. The van der Waals surface area contributed by atoms with Crippen LogP contribution in [-0.2, 0) is 4.79 Å². The van der Waals surface area contributed by atoms with Crippen LogP contribution in [0.15, 0.2) is 65.9 Å². The van der Waals surface area contributed by atoms with Crippen molar-refractivity contribution in [2.75, 3.05) is 39.5 Å². The van der Waals surface area contributed by atoms with Gasteiger partial charge in [0.25, 0.3) is 5.91 Å². The minimum atomic E-state index is -0.598. The average molecular weight is 534 g/mol. The van der Waals surface area contributed by atoms with E-state index in [-0.39, 0.29) is 23.9 Å². The zero-order valence-electron chi connectivity index (χ0n) is 23.5. The zero-order chi connectivity index (χ0) is 28.3. The maximum Gasteiger partial charge on any atom is 0.318 e. The summed E-state index contributed by atoms with van der Waals surface area (Å²) >= 11 is 0. The number of hydrogen-bond donors (Lipinski definition) is 4. The summed E-state index contributed by atoms with van der Waals surface area (Å²) in [5.41, 5.74) is 6.79. The van der Waals surface area contributed by atoms with Gasteiger partial charge in [-0.05, 0) is 57.8 Å². The molecule has 10 heteroatoms. The van der Waals surface area contributed by atoms with Gasteiger partial charge >= 0.3 is 6.03 Å². The van der Waals surface area contributed by atoms with Gasteiger partial charge in [-0.15, -0.1) is 0 Å². The first-order chi connectivity index (χ1) is 18.5. The summed E-state index contributed by atoms with van der Waals surface area (Å²) in [6.07, 6.45) is -0.0742. The zero-order valence-corrected chi connectivity index (χ0v) is 23.5. The van der Waals surface area contributed by atoms with E-state index in [2.05, 4.69) is 26.3 Å². The van der Waals surface area contributed by atoms with E-state index >= 15 is 0 Å². The first kappa shape index (κ1) is 28.1. The molecule has 2 aromatic rings. The molecule has 2 aromatic carbocycles. The molecule has 0 saturated heterocycles. The predicted octanol–water partition coefficient (Wildman–Crippen LogP) is 2.90. The number of nitrogens with zero attached hydrogens (tertiary/aromatic N) is 3. The lowest BCUT2D eigenvalue weighted by molar-refractivity contribution is -0.115. The second-order valence-electron chi connectivity index (χ2n) is 10.8. The summed E-state index contributed by atoms with van der Waals surface area (Å²) in [6.45, 7) is 6.86.